The summed E-state index contributed by atoms with van der Waals surface area (Å²) in [4.78, 5) is 13.7. The number of alkyl halides is 6. The minimum atomic E-state index is -4.92. The number of benzene rings is 2. The van der Waals surface area contributed by atoms with Crippen LogP contribution in [0, 0.1) is 0 Å². The van der Waals surface area contributed by atoms with Crippen LogP contribution in [0.25, 0.3) is 0 Å². The number of methoxy groups -OCH3 is 1. The maximum absolute atomic E-state index is 13.2. The second-order valence-electron chi connectivity index (χ2n) is 8.12. The van der Waals surface area contributed by atoms with Crippen LogP contribution in [-0.4, -0.2) is 37.2 Å². The number of hydrogen-bond donors (Lipinski definition) is 0. The van der Waals surface area contributed by atoms with Crippen LogP contribution in [-0.2, 0) is 33.2 Å². The highest BCUT2D eigenvalue weighted by molar-refractivity contribution is 5.69. The Bertz CT molecular complexity index is 929. The Hall–Kier alpha value is -2.59. The van der Waals surface area contributed by atoms with Crippen molar-refractivity contribution in [1.82, 2.24) is 4.90 Å². The van der Waals surface area contributed by atoms with Gasteiger partial charge in [-0.3, -0.25) is 9.69 Å². The molecule has 0 spiro atoms. The number of ether oxygens (including phenoxy) is 2. The average molecular weight is 489 g/mol. The molecule has 1 heterocycles. The van der Waals surface area contributed by atoms with Crippen molar-refractivity contribution in [2.75, 3.05) is 20.2 Å². The molecule has 1 aliphatic heterocycles. The van der Waals surface area contributed by atoms with Crippen molar-refractivity contribution < 1.29 is 40.6 Å². The molecule has 4 nitrogen and oxygen atoms in total. The summed E-state index contributed by atoms with van der Waals surface area (Å²) in [6.07, 6.45) is -8.91. The maximum Gasteiger partial charge on any atom is 0.416 e. The lowest BCUT2D eigenvalue weighted by Crippen LogP contribution is -2.43. The number of nitrogens with zero attached hydrogens (tertiary/aromatic N) is 1. The summed E-state index contributed by atoms with van der Waals surface area (Å²) in [6, 6.07) is 10.4. The van der Waals surface area contributed by atoms with Gasteiger partial charge in [0.25, 0.3) is 0 Å². The van der Waals surface area contributed by atoms with Gasteiger partial charge in [0.05, 0.1) is 43.4 Å². The van der Waals surface area contributed by atoms with Crippen molar-refractivity contribution in [3.05, 3.63) is 70.8 Å². The predicted molar refractivity (Wildman–Crippen MR) is 112 cm³/mol. The van der Waals surface area contributed by atoms with Gasteiger partial charge in [-0.25, -0.2) is 0 Å². The molecule has 0 aromatic heterocycles. The van der Waals surface area contributed by atoms with Crippen LogP contribution in [0.3, 0.4) is 0 Å². The number of carbonyl (C=O) groups is 1. The Labute approximate surface area is 193 Å². The molecule has 0 saturated carbocycles. The van der Waals surface area contributed by atoms with Crippen LogP contribution >= 0.6 is 0 Å². The molecule has 10 heteroatoms. The average Bonchev–Trinajstić information content (AvgIpc) is 2.80. The molecule has 2 unspecified atom stereocenters. The van der Waals surface area contributed by atoms with Gasteiger partial charge in [-0.1, -0.05) is 30.3 Å². The van der Waals surface area contributed by atoms with E-state index in [2.05, 4.69) is 0 Å². The fraction of sp³-hybridized carbons (Fsp3) is 0.458. The maximum atomic E-state index is 13.2. The van der Waals surface area contributed by atoms with Crippen LogP contribution < -0.4 is 0 Å². The number of halogens is 6. The zero-order valence-electron chi connectivity index (χ0n) is 18.5. The molecule has 0 bridgehead atoms. The number of hydrogen-bond acceptors (Lipinski definition) is 4. The second kappa shape index (κ2) is 10.8. The molecule has 0 aliphatic carbocycles. The molecule has 0 radical (unpaired) electrons. The third kappa shape index (κ3) is 6.73. The quantitative estimate of drug-likeness (QED) is 0.353. The highest BCUT2D eigenvalue weighted by atomic mass is 19.4. The molecule has 0 N–H and O–H groups in total. The SMILES string of the molecule is COC(=O)CCN1CCCC(OCc2cc(C(F)(F)F)cc(C(F)(F)F)c2)C1c1ccccc1. The van der Waals surface area contributed by atoms with Crippen LogP contribution in [0.4, 0.5) is 26.3 Å². The lowest BCUT2D eigenvalue weighted by Gasteiger charge is -2.41. The molecule has 186 valence electrons. The molecule has 0 amide bonds. The summed E-state index contributed by atoms with van der Waals surface area (Å²) >= 11 is 0. The first-order valence-electron chi connectivity index (χ1n) is 10.7. The van der Waals surface area contributed by atoms with E-state index in [0.717, 1.165) is 5.56 Å². The highest BCUT2D eigenvalue weighted by Crippen LogP contribution is 2.38. The lowest BCUT2D eigenvalue weighted by molar-refractivity contribution is -0.144. The number of rotatable bonds is 7. The van der Waals surface area contributed by atoms with E-state index in [0.29, 0.717) is 38.1 Å². The normalized spacial score (nSPS) is 19.7. The first-order valence-corrected chi connectivity index (χ1v) is 10.7. The molecule has 1 saturated heterocycles. The Balaban J connectivity index is 1.84. The molecule has 2 aromatic rings. The van der Waals surface area contributed by atoms with Crippen LogP contribution in [0.1, 0.15) is 47.6 Å². The second-order valence-corrected chi connectivity index (χ2v) is 8.12. The minimum Gasteiger partial charge on any atom is -0.469 e. The fourth-order valence-electron chi connectivity index (χ4n) is 4.17. The van der Waals surface area contributed by atoms with Crippen LogP contribution in [0.2, 0.25) is 0 Å². The Morgan fingerprint density at radius 3 is 2.18 bits per heavy atom. The summed E-state index contributed by atoms with van der Waals surface area (Å²) in [6.45, 7) is 0.637. The molecule has 2 aromatic carbocycles. The zero-order valence-corrected chi connectivity index (χ0v) is 18.5. The van der Waals surface area contributed by atoms with Crippen molar-refractivity contribution in [2.45, 2.75) is 50.4 Å². The first-order chi connectivity index (χ1) is 16.0. The van der Waals surface area contributed by atoms with Crippen molar-refractivity contribution in [1.29, 1.82) is 0 Å². The number of carbonyl (C=O) groups excluding carboxylic acids is 1. The smallest absolute Gasteiger partial charge is 0.416 e. The highest BCUT2D eigenvalue weighted by Gasteiger charge is 2.38. The largest absolute Gasteiger partial charge is 0.469 e. The van der Waals surface area contributed by atoms with Crippen LogP contribution in [0.15, 0.2) is 48.5 Å². The van der Waals surface area contributed by atoms with E-state index in [4.69, 9.17) is 9.47 Å². The van der Waals surface area contributed by atoms with E-state index in [-0.39, 0.29) is 30.1 Å². The number of likely N-dealkylation sites (tertiary alicyclic amines) is 1. The standard InChI is InChI=1S/C24H25F6NO3/c1-33-21(32)9-11-31-10-5-8-20(22(31)17-6-3-2-4-7-17)34-15-16-12-18(23(25,26)27)14-19(13-16)24(28,29)30/h2-4,6-7,12-14,20,22H,5,8-11,15H2,1H3. The summed E-state index contributed by atoms with van der Waals surface area (Å²) in [5, 5.41) is 0. The number of piperidine rings is 1. The minimum absolute atomic E-state index is 0.103. The lowest BCUT2D eigenvalue weighted by atomic mass is 9.92. The van der Waals surface area contributed by atoms with Gasteiger partial charge in [0, 0.05) is 6.54 Å². The third-order valence-electron chi connectivity index (χ3n) is 5.76. The van der Waals surface area contributed by atoms with E-state index >= 15 is 0 Å². The molecule has 3 rings (SSSR count). The van der Waals surface area contributed by atoms with Gasteiger partial charge >= 0.3 is 18.3 Å². The van der Waals surface area contributed by atoms with Crippen molar-refractivity contribution in [3.63, 3.8) is 0 Å². The molecule has 1 fully saturated rings. The molecule has 1 aliphatic rings. The summed E-state index contributed by atoms with van der Waals surface area (Å²) in [5.74, 6) is -0.376. The van der Waals surface area contributed by atoms with Gasteiger partial charge in [-0.2, -0.15) is 26.3 Å². The topological polar surface area (TPSA) is 38.8 Å². The van der Waals surface area contributed by atoms with E-state index in [9.17, 15) is 31.1 Å². The summed E-state index contributed by atoms with van der Waals surface area (Å²) in [5.41, 5.74) is -2.06. The predicted octanol–water partition coefficient (Wildman–Crippen LogP) is 6.01. The third-order valence-corrected chi connectivity index (χ3v) is 5.76. The van der Waals surface area contributed by atoms with Gasteiger partial charge in [0.1, 0.15) is 0 Å². The molecular formula is C24H25F6NO3. The van der Waals surface area contributed by atoms with E-state index in [1.54, 1.807) is 0 Å². The van der Waals surface area contributed by atoms with Gasteiger partial charge in [-0.05, 0) is 48.7 Å². The van der Waals surface area contributed by atoms with Gasteiger partial charge in [0.2, 0.25) is 0 Å². The van der Waals surface area contributed by atoms with E-state index < -0.39 is 36.2 Å². The summed E-state index contributed by atoms with van der Waals surface area (Å²) in [7, 11) is 1.30. The molecule has 34 heavy (non-hydrogen) atoms. The fourth-order valence-corrected chi connectivity index (χ4v) is 4.17. The monoisotopic (exact) mass is 489 g/mol. The Morgan fingerprint density at radius 1 is 1.00 bits per heavy atom. The Kier molecular flexibility index (Phi) is 8.25. The van der Waals surface area contributed by atoms with E-state index in [1.807, 2.05) is 35.2 Å². The van der Waals surface area contributed by atoms with Crippen molar-refractivity contribution in [3.8, 4) is 0 Å². The van der Waals surface area contributed by atoms with Gasteiger partial charge in [0.15, 0.2) is 0 Å². The molecular weight excluding hydrogens is 464 g/mol. The van der Waals surface area contributed by atoms with Crippen LogP contribution in [0.5, 0.6) is 0 Å². The van der Waals surface area contributed by atoms with Crippen molar-refractivity contribution >= 4 is 5.97 Å². The Morgan fingerprint density at radius 2 is 1.62 bits per heavy atom. The van der Waals surface area contributed by atoms with Gasteiger partial charge in [-0.15, -0.1) is 0 Å². The van der Waals surface area contributed by atoms with Gasteiger partial charge < -0.3 is 9.47 Å². The summed E-state index contributed by atoms with van der Waals surface area (Å²) < 4.78 is 89.8. The van der Waals surface area contributed by atoms with Crippen molar-refractivity contribution in [2.24, 2.45) is 0 Å². The zero-order chi connectivity index (χ0) is 24.9. The molecule has 2 atom stereocenters. The number of esters is 1. The van der Waals surface area contributed by atoms with E-state index in [1.165, 1.54) is 7.11 Å². The first kappa shape index (κ1) is 26.0.